The molecule has 21 heavy (non-hydrogen) atoms. The van der Waals surface area contributed by atoms with Crippen molar-refractivity contribution in [2.24, 2.45) is 0 Å². The van der Waals surface area contributed by atoms with Crippen molar-refractivity contribution in [1.29, 1.82) is 0 Å². The zero-order valence-electron chi connectivity index (χ0n) is 11.0. The Morgan fingerprint density at radius 2 is 2.05 bits per heavy atom. The van der Waals surface area contributed by atoms with Crippen LogP contribution in [0.25, 0.3) is 0 Å². The quantitative estimate of drug-likeness (QED) is 0.892. The molecular weight excluding hydrogens is 303 g/mol. The van der Waals surface area contributed by atoms with Crippen LogP contribution in [0.1, 0.15) is 21.8 Å². The lowest BCUT2D eigenvalue weighted by molar-refractivity contribution is 0.0697. The number of carboxylic acid groups (broad SMARTS) is 1. The number of aromatic carboxylic acids is 1. The van der Waals surface area contributed by atoms with Gasteiger partial charge in [-0.15, -0.1) is 0 Å². The number of sulfonamides is 1. The zero-order chi connectivity index (χ0) is 15.8. The van der Waals surface area contributed by atoms with E-state index >= 15 is 0 Å². The molecule has 0 atom stereocenters. The van der Waals surface area contributed by atoms with E-state index in [1.165, 1.54) is 13.8 Å². The summed E-state index contributed by atoms with van der Waals surface area (Å²) in [6, 6.07) is 2.80. The van der Waals surface area contributed by atoms with Crippen molar-refractivity contribution in [1.82, 2.24) is 5.16 Å². The highest BCUT2D eigenvalue weighted by molar-refractivity contribution is 7.92. The minimum absolute atomic E-state index is 0.0507. The predicted octanol–water partition coefficient (Wildman–Crippen LogP) is 1.93. The van der Waals surface area contributed by atoms with E-state index in [4.69, 9.17) is 9.63 Å². The number of hydrogen-bond donors (Lipinski definition) is 2. The van der Waals surface area contributed by atoms with Gasteiger partial charge in [-0.05, 0) is 32.0 Å². The van der Waals surface area contributed by atoms with Crippen LogP contribution in [0.4, 0.5) is 10.1 Å². The Bertz CT molecular complexity index is 794. The fourth-order valence-corrected chi connectivity index (χ4v) is 3.18. The summed E-state index contributed by atoms with van der Waals surface area (Å²) in [5.41, 5.74) is -0.586. The minimum atomic E-state index is -4.14. The number of carbonyl (C=O) groups is 1. The van der Waals surface area contributed by atoms with Crippen LogP contribution < -0.4 is 4.72 Å². The van der Waals surface area contributed by atoms with Crippen LogP contribution in [0.5, 0.6) is 0 Å². The Kier molecular flexibility index (Phi) is 3.69. The van der Waals surface area contributed by atoms with Gasteiger partial charge in [-0.2, -0.15) is 0 Å². The van der Waals surface area contributed by atoms with Crippen molar-refractivity contribution in [2.45, 2.75) is 18.7 Å². The van der Waals surface area contributed by atoms with Gasteiger partial charge in [0, 0.05) is 0 Å². The fourth-order valence-electron chi connectivity index (χ4n) is 1.79. The van der Waals surface area contributed by atoms with Crippen molar-refractivity contribution in [2.75, 3.05) is 4.72 Å². The van der Waals surface area contributed by atoms with Crippen LogP contribution in [-0.4, -0.2) is 24.7 Å². The first-order valence-corrected chi connectivity index (χ1v) is 7.19. The molecule has 0 saturated heterocycles. The maximum atomic E-state index is 13.6. The Morgan fingerprint density at radius 3 is 2.57 bits per heavy atom. The molecule has 0 aliphatic rings. The van der Waals surface area contributed by atoms with Gasteiger partial charge < -0.3 is 9.63 Å². The lowest BCUT2D eigenvalue weighted by Crippen LogP contribution is -2.16. The molecule has 0 fully saturated rings. The molecule has 1 heterocycles. The van der Waals surface area contributed by atoms with Crippen molar-refractivity contribution < 1.29 is 27.2 Å². The first-order chi connectivity index (χ1) is 9.72. The molecule has 0 radical (unpaired) electrons. The van der Waals surface area contributed by atoms with Crippen LogP contribution in [0, 0.1) is 19.7 Å². The molecule has 1 aromatic heterocycles. The fraction of sp³-hybridized carbons (Fsp3) is 0.167. The SMILES string of the molecule is Cc1noc(C)c1S(=O)(=O)Nc1cc(C(=O)O)ccc1F. The normalized spacial score (nSPS) is 11.4. The molecule has 0 saturated carbocycles. The number of carboxylic acids is 1. The Hall–Kier alpha value is -2.42. The van der Waals surface area contributed by atoms with E-state index < -0.39 is 27.5 Å². The highest BCUT2D eigenvalue weighted by Crippen LogP contribution is 2.24. The topological polar surface area (TPSA) is 110 Å². The number of halogens is 1. The summed E-state index contributed by atoms with van der Waals surface area (Å²) in [5.74, 6) is -2.14. The smallest absolute Gasteiger partial charge is 0.335 e. The molecule has 1 aromatic carbocycles. The van der Waals surface area contributed by atoms with Gasteiger partial charge in [0.1, 0.15) is 11.5 Å². The highest BCUT2D eigenvalue weighted by atomic mass is 32.2. The summed E-state index contributed by atoms with van der Waals surface area (Å²) >= 11 is 0. The van der Waals surface area contributed by atoms with Crippen molar-refractivity contribution in [3.05, 3.63) is 41.0 Å². The van der Waals surface area contributed by atoms with Gasteiger partial charge in [0.25, 0.3) is 10.0 Å². The molecule has 112 valence electrons. The summed E-state index contributed by atoms with van der Waals surface area (Å²) < 4.78 is 44.8. The average molecular weight is 314 g/mol. The zero-order valence-corrected chi connectivity index (χ0v) is 11.9. The predicted molar refractivity (Wildman–Crippen MR) is 70.1 cm³/mol. The van der Waals surface area contributed by atoms with Crippen molar-refractivity contribution in [3.63, 3.8) is 0 Å². The number of hydrogen-bond acceptors (Lipinski definition) is 5. The molecular formula is C12H11FN2O5S. The lowest BCUT2D eigenvalue weighted by atomic mass is 10.2. The average Bonchev–Trinajstić information content (AvgIpc) is 2.71. The third kappa shape index (κ3) is 2.87. The van der Waals surface area contributed by atoms with E-state index in [-0.39, 0.29) is 21.9 Å². The summed E-state index contributed by atoms with van der Waals surface area (Å²) in [7, 11) is -4.14. The number of nitrogens with zero attached hydrogens (tertiary/aromatic N) is 1. The molecule has 0 aliphatic carbocycles. The molecule has 9 heteroatoms. The molecule has 0 unspecified atom stereocenters. The van der Waals surface area contributed by atoms with Gasteiger partial charge in [-0.3, -0.25) is 4.72 Å². The minimum Gasteiger partial charge on any atom is -0.478 e. The van der Waals surface area contributed by atoms with E-state index in [2.05, 4.69) is 5.16 Å². The van der Waals surface area contributed by atoms with Crippen LogP contribution in [-0.2, 0) is 10.0 Å². The monoisotopic (exact) mass is 314 g/mol. The van der Waals surface area contributed by atoms with Gasteiger partial charge >= 0.3 is 5.97 Å². The molecule has 2 N–H and O–H groups in total. The van der Waals surface area contributed by atoms with Gasteiger partial charge in [0.2, 0.25) is 0 Å². The van der Waals surface area contributed by atoms with Crippen LogP contribution >= 0.6 is 0 Å². The van der Waals surface area contributed by atoms with Gasteiger partial charge in [0.05, 0.1) is 11.3 Å². The second-order valence-corrected chi connectivity index (χ2v) is 5.88. The van der Waals surface area contributed by atoms with Crippen molar-refractivity contribution >= 4 is 21.7 Å². The van der Waals surface area contributed by atoms with Gasteiger partial charge in [-0.25, -0.2) is 17.6 Å². The van der Waals surface area contributed by atoms with E-state index in [0.29, 0.717) is 0 Å². The second kappa shape index (κ2) is 5.17. The van der Waals surface area contributed by atoms with E-state index in [1.807, 2.05) is 4.72 Å². The maximum absolute atomic E-state index is 13.6. The molecule has 0 spiro atoms. The summed E-state index contributed by atoms with van der Waals surface area (Å²) in [4.78, 5) is 10.6. The van der Waals surface area contributed by atoms with Crippen molar-refractivity contribution in [3.8, 4) is 0 Å². The summed E-state index contributed by atoms with van der Waals surface area (Å²) in [6.45, 7) is 2.83. The van der Waals surface area contributed by atoms with E-state index in [1.54, 1.807) is 0 Å². The van der Waals surface area contributed by atoms with Crippen LogP contribution in [0.3, 0.4) is 0 Å². The first kappa shape index (κ1) is 15.0. The third-order valence-corrected chi connectivity index (χ3v) is 4.30. The van der Waals surface area contributed by atoms with Gasteiger partial charge in [-0.1, -0.05) is 5.16 Å². The molecule has 0 aliphatic heterocycles. The molecule has 2 aromatic rings. The second-order valence-electron chi connectivity index (χ2n) is 4.26. The lowest BCUT2D eigenvalue weighted by Gasteiger charge is -2.09. The number of aryl methyl sites for hydroxylation is 2. The standard InChI is InChI=1S/C12H11FN2O5S/c1-6-11(7(2)20-14-6)21(18,19)15-10-5-8(12(16)17)3-4-9(10)13/h3-5,15H,1-2H3,(H,16,17). The highest BCUT2D eigenvalue weighted by Gasteiger charge is 2.25. The van der Waals surface area contributed by atoms with Gasteiger partial charge in [0.15, 0.2) is 10.7 Å². The Labute approximate surface area is 119 Å². The number of nitrogens with one attached hydrogen (secondary N) is 1. The Morgan fingerprint density at radius 1 is 1.38 bits per heavy atom. The summed E-state index contributed by atoms with van der Waals surface area (Å²) in [5, 5.41) is 12.4. The van der Waals surface area contributed by atoms with E-state index in [0.717, 1.165) is 18.2 Å². The van der Waals surface area contributed by atoms with Crippen LogP contribution in [0.15, 0.2) is 27.6 Å². The van der Waals surface area contributed by atoms with E-state index in [9.17, 15) is 17.6 Å². The molecule has 0 amide bonds. The maximum Gasteiger partial charge on any atom is 0.335 e. The number of rotatable bonds is 4. The first-order valence-electron chi connectivity index (χ1n) is 5.71. The molecule has 2 rings (SSSR count). The molecule has 0 bridgehead atoms. The third-order valence-electron chi connectivity index (χ3n) is 2.69. The summed E-state index contributed by atoms with van der Waals surface area (Å²) in [6.07, 6.45) is 0. The van der Waals surface area contributed by atoms with Crippen LogP contribution in [0.2, 0.25) is 0 Å². The number of benzene rings is 1. The number of aromatic nitrogens is 1. The largest absolute Gasteiger partial charge is 0.478 e. The number of anilines is 1. The Balaban J connectivity index is 2.46. The molecule has 7 nitrogen and oxygen atoms in total.